The van der Waals surface area contributed by atoms with E-state index in [1.54, 1.807) is 0 Å². The number of aliphatic hydroxyl groups excluding tert-OH is 1. The highest BCUT2D eigenvalue weighted by Crippen LogP contribution is 2.27. The van der Waals surface area contributed by atoms with Gasteiger partial charge in [0.1, 0.15) is 17.6 Å². The lowest BCUT2D eigenvalue weighted by atomic mass is 9.95. The summed E-state index contributed by atoms with van der Waals surface area (Å²) in [6.45, 7) is 0. The molecule has 0 saturated heterocycles. The highest BCUT2D eigenvalue weighted by molar-refractivity contribution is 5.31. The maximum absolute atomic E-state index is 12.0. The van der Waals surface area contributed by atoms with Crippen LogP contribution in [0.1, 0.15) is 25.7 Å². The quantitative estimate of drug-likeness (QED) is 0.920. The van der Waals surface area contributed by atoms with Gasteiger partial charge in [0.2, 0.25) is 0 Å². The lowest BCUT2D eigenvalue weighted by molar-refractivity contribution is -0.274. The molecule has 0 aliphatic heterocycles. The van der Waals surface area contributed by atoms with Crippen LogP contribution in [0.5, 0.6) is 11.5 Å². The molecule has 19 heavy (non-hydrogen) atoms. The molecule has 2 rings (SSSR count). The Kier molecular flexibility index (Phi) is 4.19. The lowest BCUT2D eigenvalue weighted by Gasteiger charge is -2.28. The zero-order valence-electron chi connectivity index (χ0n) is 10.2. The largest absolute Gasteiger partial charge is 0.573 e. The van der Waals surface area contributed by atoms with Crippen LogP contribution in [0.2, 0.25) is 0 Å². The van der Waals surface area contributed by atoms with Gasteiger partial charge < -0.3 is 14.6 Å². The average molecular weight is 276 g/mol. The zero-order valence-corrected chi connectivity index (χ0v) is 10.2. The molecule has 1 aliphatic carbocycles. The van der Waals surface area contributed by atoms with Gasteiger partial charge in [0.25, 0.3) is 0 Å². The molecule has 1 fully saturated rings. The fraction of sp³-hybridized carbons (Fsp3) is 0.538. The molecule has 6 heteroatoms. The van der Waals surface area contributed by atoms with Crippen LogP contribution in [-0.4, -0.2) is 23.7 Å². The molecule has 3 nitrogen and oxygen atoms in total. The summed E-state index contributed by atoms with van der Waals surface area (Å²) < 4.78 is 45.3. The minimum atomic E-state index is -4.69. The summed E-state index contributed by atoms with van der Waals surface area (Å²) in [5.41, 5.74) is 0. The number of halogens is 3. The Labute approximate surface area is 108 Å². The van der Waals surface area contributed by atoms with Crippen molar-refractivity contribution < 1.29 is 27.8 Å². The number of hydrogen-bond donors (Lipinski definition) is 1. The summed E-state index contributed by atoms with van der Waals surface area (Å²) >= 11 is 0. The molecule has 1 aromatic rings. The third kappa shape index (κ3) is 4.31. The molecule has 1 saturated carbocycles. The molecule has 0 unspecified atom stereocenters. The summed E-state index contributed by atoms with van der Waals surface area (Å²) in [4.78, 5) is 0. The zero-order chi connectivity index (χ0) is 13.9. The molecule has 2 atom stereocenters. The fourth-order valence-electron chi connectivity index (χ4n) is 2.11. The van der Waals surface area contributed by atoms with E-state index in [0.29, 0.717) is 12.2 Å². The Hall–Kier alpha value is -1.43. The second-order valence-electron chi connectivity index (χ2n) is 4.53. The first-order valence-corrected chi connectivity index (χ1v) is 6.14. The van der Waals surface area contributed by atoms with Crippen molar-refractivity contribution in [2.75, 3.05) is 0 Å². The first-order chi connectivity index (χ1) is 8.94. The molecular formula is C13H15F3O3. The van der Waals surface area contributed by atoms with Crippen molar-refractivity contribution in [3.05, 3.63) is 24.3 Å². The molecule has 1 N–H and O–H groups in total. The van der Waals surface area contributed by atoms with Gasteiger partial charge in [0.15, 0.2) is 0 Å². The van der Waals surface area contributed by atoms with E-state index in [2.05, 4.69) is 4.74 Å². The van der Waals surface area contributed by atoms with Crippen LogP contribution in [0, 0.1) is 0 Å². The third-order valence-electron chi connectivity index (χ3n) is 3.01. The van der Waals surface area contributed by atoms with Crippen LogP contribution in [0.25, 0.3) is 0 Å². The van der Waals surface area contributed by atoms with Gasteiger partial charge in [-0.05, 0) is 43.5 Å². The van der Waals surface area contributed by atoms with Crippen LogP contribution in [0.4, 0.5) is 13.2 Å². The Morgan fingerprint density at radius 1 is 1.00 bits per heavy atom. The van der Waals surface area contributed by atoms with Crippen molar-refractivity contribution in [3.8, 4) is 11.5 Å². The van der Waals surface area contributed by atoms with Gasteiger partial charge in [0, 0.05) is 0 Å². The van der Waals surface area contributed by atoms with Gasteiger partial charge in [-0.3, -0.25) is 0 Å². The van der Waals surface area contributed by atoms with Crippen LogP contribution in [-0.2, 0) is 0 Å². The standard InChI is InChI=1S/C13H15F3O3/c14-13(15,16)19-10-7-5-9(6-8-10)18-12-4-2-1-3-11(12)17/h5-8,11-12,17H,1-4H2/t11-,12-/m1/s1. The van der Waals surface area contributed by atoms with Gasteiger partial charge in [-0.15, -0.1) is 13.2 Å². The second kappa shape index (κ2) is 5.69. The van der Waals surface area contributed by atoms with Crippen molar-refractivity contribution in [3.63, 3.8) is 0 Å². The van der Waals surface area contributed by atoms with Gasteiger partial charge in [-0.1, -0.05) is 6.42 Å². The fourth-order valence-corrected chi connectivity index (χ4v) is 2.11. The van der Waals surface area contributed by atoms with Crippen molar-refractivity contribution in [2.24, 2.45) is 0 Å². The van der Waals surface area contributed by atoms with Gasteiger partial charge in [0.05, 0.1) is 6.10 Å². The van der Waals surface area contributed by atoms with Crippen LogP contribution < -0.4 is 9.47 Å². The molecule has 106 valence electrons. The second-order valence-corrected chi connectivity index (χ2v) is 4.53. The first kappa shape index (κ1) is 14.0. The topological polar surface area (TPSA) is 38.7 Å². The Morgan fingerprint density at radius 3 is 2.16 bits per heavy atom. The minimum Gasteiger partial charge on any atom is -0.488 e. The number of rotatable bonds is 3. The predicted octanol–water partition coefficient (Wildman–Crippen LogP) is 3.27. The number of hydrogen-bond acceptors (Lipinski definition) is 3. The summed E-state index contributed by atoms with van der Waals surface area (Å²) in [6, 6.07) is 5.20. The van der Waals surface area contributed by atoms with E-state index in [1.165, 1.54) is 24.3 Å². The van der Waals surface area contributed by atoms with E-state index in [4.69, 9.17) is 4.74 Å². The smallest absolute Gasteiger partial charge is 0.488 e. The maximum Gasteiger partial charge on any atom is 0.573 e. The number of benzene rings is 1. The van der Waals surface area contributed by atoms with Crippen molar-refractivity contribution in [2.45, 2.75) is 44.3 Å². The van der Waals surface area contributed by atoms with Crippen molar-refractivity contribution >= 4 is 0 Å². The highest BCUT2D eigenvalue weighted by Gasteiger charge is 2.31. The molecule has 1 aromatic carbocycles. The Morgan fingerprint density at radius 2 is 1.58 bits per heavy atom. The minimum absolute atomic E-state index is 0.288. The van der Waals surface area contributed by atoms with Crippen LogP contribution in [0.3, 0.4) is 0 Å². The molecule has 0 radical (unpaired) electrons. The lowest BCUT2D eigenvalue weighted by Crippen LogP contribution is -2.34. The van der Waals surface area contributed by atoms with Gasteiger partial charge in [-0.2, -0.15) is 0 Å². The van der Waals surface area contributed by atoms with Gasteiger partial charge in [-0.25, -0.2) is 0 Å². The molecule has 0 heterocycles. The molecule has 0 aromatic heterocycles. The predicted molar refractivity (Wildman–Crippen MR) is 62.0 cm³/mol. The molecule has 0 bridgehead atoms. The van der Waals surface area contributed by atoms with E-state index in [-0.39, 0.29) is 11.9 Å². The van der Waals surface area contributed by atoms with Crippen molar-refractivity contribution in [1.82, 2.24) is 0 Å². The summed E-state index contributed by atoms with van der Waals surface area (Å²) in [5.74, 6) is 0.143. The van der Waals surface area contributed by atoms with Gasteiger partial charge >= 0.3 is 6.36 Å². The Bertz CT molecular complexity index is 403. The molecule has 1 aliphatic rings. The third-order valence-corrected chi connectivity index (χ3v) is 3.01. The first-order valence-electron chi connectivity index (χ1n) is 6.14. The summed E-state index contributed by atoms with van der Waals surface area (Å²) in [6.07, 6.45) is -2.09. The van der Waals surface area contributed by atoms with E-state index in [0.717, 1.165) is 19.3 Å². The normalized spacial score (nSPS) is 24.0. The SMILES string of the molecule is O[C@@H]1CCCC[C@H]1Oc1ccc(OC(F)(F)F)cc1. The number of alkyl halides is 3. The van der Waals surface area contributed by atoms with E-state index in [1.807, 2.05) is 0 Å². The number of aliphatic hydroxyl groups is 1. The molecule has 0 spiro atoms. The van der Waals surface area contributed by atoms with E-state index in [9.17, 15) is 18.3 Å². The molecule has 0 amide bonds. The monoisotopic (exact) mass is 276 g/mol. The van der Waals surface area contributed by atoms with Crippen molar-refractivity contribution in [1.29, 1.82) is 0 Å². The summed E-state index contributed by atoms with van der Waals surface area (Å²) in [5, 5.41) is 9.74. The van der Waals surface area contributed by atoms with Crippen LogP contribution in [0.15, 0.2) is 24.3 Å². The summed E-state index contributed by atoms with van der Waals surface area (Å²) in [7, 11) is 0. The highest BCUT2D eigenvalue weighted by atomic mass is 19.4. The number of ether oxygens (including phenoxy) is 2. The average Bonchev–Trinajstić information content (AvgIpc) is 2.33. The maximum atomic E-state index is 12.0. The Balaban J connectivity index is 1.94. The van der Waals surface area contributed by atoms with E-state index >= 15 is 0 Å². The van der Waals surface area contributed by atoms with E-state index < -0.39 is 12.5 Å². The molecular weight excluding hydrogens is 261 g/mol. The van der Waals surface area contributed by atoms with Crippen LogP contribution >= 0.6 is 0 Å².